The van der Waals surface area contributed by atoms with Gasteiger partial charge in [0.15, 0.2) is 0 Å². The molecule has 0 saturated carbocycles. The average Bonchev–Trinajstić information content (AvgIpc) is 2.53. The fourth-order valence-corrected chi connectivity index (χ4v) is 4.52. The van der Waals surface area contributed by atoms with Crippen molar-refractivity contribution in [2.24, 2.45) is 11.3 Å². The van der Waals surface area contributed by atoms with E-state index >= 15 is 0 Å². The maximum absolute atomic E-state index is 12.5. The van der Waals surface area contributed by atoms with Gasteiger partial charge in [0.05, 0.1) is 18.6 Å². The van der Waals surface area contributed by atoms with Crippen LogP contribution in [-0.4, -0.2) is 85.7 Å². The number of fused-ring (bicyclic) bond motifs is 3. The van der Waals surface area contributed by atoms with Gasteiger partial charge in [0, 0.05) is 38.8 Å². The third-order valence-corrected chi connectivity index (χ3v) is 6.05. The van der Waals surface area contributed by atoms with E-state index < -0.39 is 0 Å². The lowest BCUT2D eigenvalue weighted by Crippen LogP contribution is -2.63. The zero-order valence-electron chi connectivity index (χ0n) is 13.1. The maximum Gasteiger partial charge on any atom is 0.233 e. The SMILES string of the molecule is CC1(C(=O)N2CCN([C@H]3CN4CCC3CC4)CC2)COC1. The predicted molar refractivity (Wildman–Crippen MR) is 80.0 cm³/mol. The van der Waals surface area contributed by atoms with Gasteiger partial charge >= 0.3 is 0 Å². The van der Waals surface area contributed by atoms with Gasteiger partial charge in [-0.3, -0.25) is 9.69 Å². The number of piperazine rings is 1. The van der Waals surface area contributed by atoms with Gasteiger partial charge in [-0.25, -0.2) is 0 Å². The normalized spacial score (nSPS) is 39.1. The molecule has 0 unspecified atom stereocenters. The van der Waals surface area contributed by atoms with E-state index in [1.54, 1.807) is 0 Å². The molecule has 0 aliphatic carbocycles. The number of hydrogen-bond acceptors (Lipinski definition) is 4. The molecule has 5 heteroatoms. The molecule has 0 N–H and O–H groups in total. The number of carbonyl (C=O) groups is 1. The van der Waals surface area contributed by atoms with Crippen LogP contribution in [0.25, 0.3) is 0 Å². The second-order valence-electron chi connectivity index (χ2n) is 7.59. The van der Waals surface area contributed by atoms with Crippen molar-refractivity contribution >= 4 is 5.91 Å². The van der Waals surface area contributed by atoms with Crippen LogP contribution in [0.5, 0.6) is 0 Å². The van der Waals surface area contributed by atoms with Crippen LogP contribution in [0.2, 0.25) is 0 Å². The number of carbonyl (C=O) groups excluding carboxylic acids is 1. The van der Waals surface area contributed by atoms with Crippen molar-refractivity contribution in [3.8, 4) is 0 Å². The lowest BCUT2D eigenvalue weighted by atomic mass is 9.82. The van der Waals surface area contributed by atoms with Crippen LogP contribution >= 0.6 is 0 Å². The second kappa shape index (κ2) is 5.21. The van der Waals surface area contributed by atoms with Crippen LogP contribution in [0.1, 0.15) is 19.8 Å². The van der Waals surface area contributed by atoms with Crippen LogP contribution < -0.4 is 0 Å². The Morgan fingerprint density at radius 3 is 2.19 bits per heavy atom. The number of ether oxygens (including phenoxy) is 1. The summed E-state index contributed by atoms with van der Waals surface area (Å²) in [6.07, 6.45) is 2.75. The Bertz CT molecular complexity index is 408. The first-order chi connectivity index (χ1) is 10.2. The second-order valence-corrected chi connectivity index (χ2v) is 7.59. The van der Waals surface area contributed by atoms with Gasteiger partial charge in [-0.1, -0.05) is 0 Å². The molecule has 21 heavy (non-hydrogen) atoms. The van der Waals surface area contributed by atoms with Crippen LogP contribution in [0.4, 0.5) is 0 Å². The van der Waals surface area contributed by atoms with Crippen LogP contribution in [0.3, 0.4) is 0 Å². The summed E-state index contributed by atoms with van der Waals surface area (Å²) in [6, 6.07) is 0.743. The van der Waals surface area contributed by atoms with E-state index in [1.165, 1.54) is 32.5 Å². The molecular weight excluding hydrogens is 266 g/mol. The van der Waals surface area contributed by atoms with Gasteiger partial charge < -0.3 is 14.5 Å². The molecule has 5 heterocycles. The molecule has 0 aromatic heterocycles. The van der Waals surface area contributed by atoms with Crippen molar-refractivity contribution < 1.29 is 9.53 Å². The summed E-state index contributed by atoms with van der Waals surface area (Å²) in [5, 5.41) is 0. The minimum atomic E-state index is -0.238. The summed E-state index contributed by atoms with van der Waals surface area (Å²) < 4.78 is 5.24. The Balaban J connectivity index is 1.33. The Morgan fingerprint density at radius 2 is 1.71 bits per heavy atom. The first-order valence-electron chi connectivity index (χ1n) is 8.49. The Hall–Kier alpha value is -0.650. The lowest BCUT2D eigenvalue weighted by Gasteiger charge is -2.51. The molecular formula is C16H27N3O2. The summed E-state index contributed by atoms with van der Waals surface area (Å²) in [4.78, 5) is 19.9. The molecule has 0 spiro atoms. The summed E-state index contributed by atoms with van der Waals surface area (Å²) in [5.41, 5.74) is -0.238. The fraction of sp³-hybridized carbons (Fsp3) is 0.938. The number of rotatable bonds is 2. The van der Waals surface area contributed by atoms with Gasteiger partial charge in [0.1, 0.15) is 0 Å². The van der Waals surface area contributed by atoms with Gasteiger partial charge in [0.25, 0.3) is 0 Å². The van der Waals surface area contributed by atoms with Crippen LogP contribution in [0.15, 0.2) is 0 Å². The molecule has 5 aliphatic heterocycles. The third-order valence-electron chi connectivity index (χ3n) is 6.05. The Morgan fingerprint density at radius 1 is 1.05 bits per heavy atom. The van der Waals surface area contributed by atoms with E-state index in [9.17, 15) is 4.79 Å². The molecule has 5 aliphatic rings. The number of amides is 1. The molecule has 5 rings (SSSR count). The van der Waals surface area contributed by atoms with Crippen molar-refractivity contribution in [2.75, 3.05) is 59.0 Å². The first-order valence-corrected chi connectivity index (χ1v) is 8.49. The highest BCUT2D eigenvalue weighted by Gasteiger charge is 2.45. The molecule has 1 amide bonds. The molecule has 118 valence electrons. The zero-order chi connectivity index (χ0) is 14.4. The summed E-state index contributed by atoms with van der Waals surface area (Å²) in [7, 11) is 0. The monoisotopic (exact) mass is 293 g/mol. The van der Waals surface area contributed by atoms with Crippen LogP contribution in [0, 0.1) is 11.3 Å². The number of hydrogen-bond donors (Lipinski definition) is 0. The largest absolute Gasteiger partial charge is 0.379 e. The molecule has 5 fully saturated rings. The quantitative estimate of drug-likeness (QED) is 0.732. The summed E-state index contributed by atoms with van der Waals surface area (Å²) in [6.45, 7) is 11.0. The number of piperidine rings is 3. The van der Waals surface area contributed by atoms with Gasteiger partial charge in [0.2, 0.25) is 5.91 Å². The van der Waals surface area contributed by atoms with E-state index in [0.717, 1.165) is 38.1 Å². The van der Waals surface area contributed by atoms with Gasteiger partial charge in [-0.05, 0) is 38.8 Å². The molecule has 2 bridgehead atoms. The average molecular weight is 293 g/mol. The minimum absolute atomic E-state index is 0.238. The Kier molecular flexibility index (Phi) is 3.47. The van der Waals surface area contributed by atoms with E-state index in [1.807, 2.05) is 6.92 Å². The summed E-state index contributed by atoms with van der Waals surface area (Å²) in [5.74, 6) is 1.21. The molecule has 0 aromatic carbocycles. The molecule has 0 aromatic rings. The van der Waals surface area contributed by atoms with Crippen molar-refractivity contribution in [2.45, 2.75) is 25.8 Å². The van der Waals surface area contributed by atoms with Crippen LogP contribution in [-0.2, 0) is 9.53 Å². The fourth-order valence-electron chi connectivity index (χ4n) is 4.52. The first kappa shape index (κ1) is 14.0. The van der Waals surface area contributed by atoms with Gasteiger partial charge in [-0.15, -0.1) is 0 Å². The highest BCUT2D eigenvalue weighted by Crippen LogP contribution is 2.33. The topological polar surface area (TPSA) is 36.0 Å². The molecule has 5 saturated heterocycles. The van der Waals surface area contributed by atoms with Crippen molar-refractivity contribution in [3.05, 3.63) is 0 Å². The van der Waals surface area contributed by atoms with Crippen molar-refractivity contribution in [1.29, 1.82) is 0 Å². The van der Waals surface area contributed by atoms with E-state index in [4.69, 9.17) is 4.74 Å². The molecule has 1 atom stereocenters. The molecule has 5 nitrogen and oxygen atoms in total. The maximum atomic E-state index is 12.5. The smallest absolute Gasteiger partial charge is 0.233 e. The Labute approximate surface area is 127 Å². The van der Waals surface area contributed by atoms with E-state index in [2.05, 4.69) is 14.7 Å². The summed E-state index contributed by atoms with van der Waals surface area (Å²) >= 11 is 0. The standard InChI is InChI=1S/C16H27N3O2/c1-16(11-21-12-16)15(20)19-8-6-18(7-9-19)14-10-17-4-2-13(14)3-5-17/h13-14H,2-12H2,1H3/t14-/m0/s1. The highest BCUT2D eigenvalue weighted by molar-refractivity contribution is 5.83. The zero-order valence-corrected chi connectivity index (χ0v) is 13.1. The number of nitrogens with zero attached hydrogens (tertiary/aromatic N) is 3. The van der Waals surface area contributed by atoms with Crippen molar-refractivity contribution in [1.82, 2.24) is 14.7 Å². The molecule has 0 radical (unpaired) electrons. The lowest BCUT2D eigenvalue weighted by molar-refractivity contribution is -0.171. The minimum Gasteiger partial charge on any atom is -0.379 e. The predicted octanol–water partition coefficient (Wildman–Crippen LogP) is 0.261. The van der Waals surface area contributed by atoms with Gasteiger partial charge in [-0.2, -0.15) is 0 Å². The van der Waals surface area contributed by atoms with E-state index in [-0.39, 0.29) is 5.41 Å². The van der Waals surface area contributed by atoms with Crippen molar-refractivity contribution in [3.63, 3.8) is 0 Å². The highest BCUT2D eigenvalue weighted by atomic mass is 16.5. The third kappa shape index (κ3) is 2.39. The van der Waals surface area contributed by atoms with E-state index in [0.29, 0.717) is 19.1 Å².